The molecule has 3 aromatic rings. The van der Waals surface area contributed by atoms with E-state index in [4.69, 9.17) is 0 Å². The summed E-state index contributed by atoms with van der Waals surface area (Å²) in [5.41, 5.74) is 9.27. The fourth-order valence-electron chi connectivity index (χ4n) is 6.34. The van der Waals surface area contributed by atoms with Crippen molar-refractivity contribution < 1.29 is 4.57 Å². The van der Waals surface area contributed by atoms with E-state index in [9.17, 15) is 0 Å². The standard InChI is InChI=1S/C31H40N/c1-21-18-27(23-8-6-7-9-23)20-29(22(21)2)30-28-11-10-25(19-26(28)14-17-32(30)5)24-12-15-31(3,4)16-13-24/h10-11,14,17-20,23-24H,6-9,12-13,15-16H2,1-5H3/q+1. The smallest absolute Gasteiger partial charge is 0.200 e. The van der Waals surface area contributed by atoms with E-state index < -0.39 is 0 Å². The highest BCUT2D eigenvalue weighted by atomic mass is 14.9. The van der Waals surface area contributed by atoms with Gasteiger partial charge in [-0.2, -0.15) is 0 Å². The molecule has 1 heteroatoms. The van der Waals surface area contributed by atoms with E-state index in [-0.39, 0.29) is 0 Å². The summed E-state index contributed by atoms with van der Waals surface area (Å²) >= 11 is 0. The van der Waals surface area contributed by atoms with Gasteiger partial charge in [-0.1, -0.05) is 44.9 Å². The molecule has 2 aromatic carbocycles. The molecule has 0 radical (unpaired) electrons. The lowest BCUT2D eigenvalue weighted by molar-refractivity contribution is -0.659. The first-order chi connectivity index (χ1) is 15.3. The molecule has 0 atom stereocenters. The minimum atomic E-state index is 0.522. The molecule has 168 valence electrons. The SMILES string of the molecule is Cc1cc(C2CCCC2)cc(-c2c3ccc(C4CCC(C)(C)CC4)cc3cc[n+]2C)c1C. The number of hydrogen-bond donors (Lipinski definition) is 0. The summed E-state index contributed by atoms with van der Waals surface area (Å²) in [7, 11) is 2.21. The van der Waals surface area contributed by atoms with Crippen LogP contribution in [0.2, 0.25) is 0 Å². The van der Waals surface area contributed by atoms with Gasteiger partial charge in [-0.25, -0.2) is 4.57 Å². The number of benzene rings is 2. The molecule has 1 nitrogen and oxygen atoms in total. The van der Waals surface area contributed by atoms with Gasteiger partial charge in [-0.15, -0.1) is 0 Å². The van der Waals surface area contributed by atoms with Gasteiger partial charge in [0.2, 0.25) is 5.69 Å². The van der Waals surface area contributed by atoms with Crippen molar-refractivity contribution >= 4 is 10.8 Å². The van der Waals surface area contributed by atoms with Crippen molar-refractivity contribution in [2.24, 2.45) is 12.5 Å². The number of aryl methyl sites for hydroxylation is 2. The molecule has 0 N–H and O–H groups in total. The van der Waals surface area contributed by atoms with E-state index >= 15 is 0 Å². The molecule has 2 aliphatic rings. The fourth-order valence-corrected chi connectivity index (χ4v) is 6.34. The van der Waals surface area contributed by atoms with Crippen LogP contribution in [0.25, 0.3) is 22.0 Å². The normalized spacial score (nSPS) is 19.7. The van der Waals surface area contributed by atoms with Crippen molar-refractivity contribution in [3.63, 3.8) is 0 Å². The number of fused-ring (bicyclic) bond motifs is 1. The van der Waals surface area contributed by atoms with E-state index in [1.54, 1.807) is 11.1 Å². The van der Waals surface area contributed by atoms with Crippen LogP contribution in [0, 0.1) is 19.3 Å². The zero-order valence-corrected chi connectivity index (χ0v) is 20.8. The summed E-state index contributed by atoms with van der Waals surface area (Å²) in [4.78, 5) is 0. The van der Waals surface area contributed by atoms with E-state index in [1.165, 1.54) is 84.5 Å². The van der Waals surface area contributed by atoms with E-state index in [2.05, 4.69) is 81.9 Å². The van der Waals surface area contributed by atoms with Crippen molar-refractivity contribution in [1.29, 1.82) is 0 Å². The van der Waals surface area contributed by atoms with Gasteiger partial charge in [0.1, 0.15) is 7.05 Å². The molecule has 0 bridgehead atoms. The lowest BCUT2D eigenvalue weighted by atomic mass is 9.71. The van der Waals surface area contributed by atoms with Gasteiger partial charge in [0.25, 0.3) is 0 Å². The first-order valence-corrected chi connectivity index (χ1v) is 12.9. The van der Waals surface area contributed by atoms with Crippen molar-refractivity contribution in [2.75, 3.05) is 0 Å². The van der Waals surface area contributed by atoms with Crippen LogP contribution in [0.4, 0.5) is 0 Å². The molecule has 1 heterocycles. The van der Waals surface area contributed by atoms with Crippen LogP contribution in [0.3, 0.4) is 0 Å². The van der Waals surface area contributed by atoms with Gasteiger partial charge in [0.05, 0.1) is 10.9 Å². The number of pyridine rings is 1. The Morgan fingerprint density at radius 2 is 1.50 bits per heavy atom. The largest absolute Gasteiger partial charge is 0.220 e. The van der Waals surface area contributed by atoms with Crippen molar-refractivity contribution in [3.8, 4) is 11.3 Å². The Kier molecular flexibility index (Phi) is 5.64. The van der Waals surface area contributed by atoms with Crippen molar-refractivity contribution in [3.05, 3.63) is 64.8 Å². The first kappa shape index (κ1) is 21.7. The van der Waals surface area contributed by atoms with Crippen LogP contribution >= 0.6 is 0 Å². The maximum atomic E-state index is 2.52. The highest BCUT2D eigenvalue weighted by Crippen LogP contribution is 2.43. The van der Waals surface area contributed by atoms with E-state index in [0.29, 0.717) is 5.41 Å². The average molecular weight is 427 g/mol. The molecule has 5 rings (SSSR count). The molecule has 0 spiro atoms. The third-order valence-electron chi connectivity index (χ3n) is 8.74. The summed E-state index contributed by atoms with van der Waals surface area (Å²) in [5.74, 6) is 1.47. The van der Waals surface area contributed by atoms with Gasteiger partial charge in [0, 0.05) is 6.07 Å². The van der Waals surface area contributed by atoms with Crippen LogP contribution < -0.4 is 4.57 Å². The monoisotopic (exact) mass is 426 g/mol. The zero-order valence-electron chi connectivity index (χ0n) is 20.8. The predicted molar refractivity (Wildman–Crippen MR) is 136 cm³/mol. The molecule has 0 aliphatic heterocycles. The Labute approximate surface area is 194 Å². The molecule has 2 fully saturated rings. The molecule has 32 heavy (non-hydrogen) atoms. The minimum absolute atomic E-state index is 0.522. The second kappa shape index (κ2) is 8.32. The Hall–Kier alpha value is -2.15. The highest BCUT2D eigenvalue weighted by Gasteiger charge is 2.28. The van der Waals surface area contributed by atoms with Crippen LogP contribution in [0.15, 0.2) is 42.6 Å². The lowest BCUT2D eigenvalue weighted by Crippen LogP contribution is -2.31. The summed E-state index contributed by atoms with van der Waals surface area (Å²) in [6, 6.07) is 14.6. The quantitative estimate of drug-likeness (QED) is 0.371. The van der Waals surface area contributed by atoms with E-state index in [1.807, 2.05) is 0 Å². The van der Waals surface area contributed by atoms with Gasteiger partial charge < -0.3 is 0 Å². The molecule has 2 saturated carbocycles. The van der Waals surface area contributed by atoms with Gasteiger partial charge in [-0.3, -0.25) is 0 Å². The second-order valence-electron chi connectivity index (χ2n) is 11.6. The Bertz CT molecular complexity index is 1140. The zero-order chi connectivity index (χ0) is 22.5. The van der Waals surface area contributed by atoms with Gasteiger partial charge in [0.15, 0.2) is 6.20 Å². The molecule has 0 saturated heterocycles. The van der Waals surface area contributed by atoms with Crippen molar-refractivity contribution in [1.82, 2.24) is 0 Å². The third kappa shape index (κ3) is 4.00. The van der Waals surface area contributed by atoms with Crippen molar-refractivity contribution in [2.45, 2.75) is 90.9 Å². The molecular formula is C31H40N+. The van der Waals surface area contributed by atoms with Gasteiger partial charge in [-0.05, 0) is 109 Å². The van der Waals surface area contributed by atoms with Gasteiger partial charge >= 0.3 is 0 Å². The molecular weight excluding hydrogens is 386 g/mol. The summed E-state index contributed by atoms with van der Waals surface area (Å²) in [6.07, 6.45) is 13.1. The maximum absolute atomic E-state index is 2.52. The molecule has 0 amide bonds. The Morgan fingerprint density at radius 1 is 0.812 bits per heavy atom. The minimum Gasteiger partial charge on any atom is -0.200 e. The van der Waals surface area contributed by atoms with Crippen LogP contribution in [0.5, 0.6) is 0 Å². The predicted octanol–water partition coefficient (Wildman–Crippen LogP) is 8.29. The first-order valence-electron chi connectivity index (χ1n) is 12.9. The molecule has 0 unspecified atom stereocenters. The summed E-state index contributed by atoms with van der Waals surface area (Å²) < 4.78 is 2.34. The highest BCUT2D eigenvalue weighted by molar-refractivity contribution is 5.94. The van der Waals surface area contributed by atoms with Crippen LogP contribution in [-0.4, -0.2) is 0 Å². The van der Waals surface area contributed by atoms with Crippen LogP contribution in [0.1, 0.15) is 99.3 Å². The third-order valence-corrected chi connectivity index (χ3v) is 8.74. The number of hydrogen-bond acceptors (Lipinski definition) is 0. The maximum Gasteiger partial charge on any atom is 0.220 e. The fraction of sp³-hybridized carbons (Fsp3) is 0.516. The van der Waals surface area contributed by atoms with Crippen LogP contribution in [-0.2, 0) is 7.05 Å². The molecule has 1 aromatic heterocycles. The Balaban J connectivity index is 1.58. The molecule has 2 aliphatic carbocycles. The average Bonchev–Trinajstić information content (AvgIpc) is 3.31. The van der Waals surface area contributed by atoms with E-state index in [0.717, 1.165) is 11.8 Å². The summed E-state index contributed by atoms with van der Waals surface area (Å²) in [5, 5.41) is 2.78. The lowest BCUT2D eigenvalue weighted by Gasteiger charge is -2.34. The summed E-state index contributed by atoms with van der Waals surface area (Å²) in [6.45, 7) is 9.46. The topological polar surface area (TPSA) is 3.88 Å². The number of aromatic nitrogens is 1. The second-order valence-corrected chi connectivity index (χ2v) is 11.6. The number of rotatable bonds is 3. The number of nitrogens with zero attached hydrogens (tertiary/aromatic N) is 1. The Morgan fingerprint density at radius 3 is 2.22 bits per heavy atom.